The molecule has 5 nitrogen and oxygen atoms in total. The Morgan fingerprint density at radius 1 is 1.39 bits per heavy atom. The van der Waals surface area contributed by atoms with Crippen molar-refractivity contribution in [2.75, 3.05) is 5.32 Å². The third-order valence-corrected chi connectivity index (χ3v) is 2.38. The number of anilines is 1. The zero-order valence-corrected chi connectivity index (χ0v) is 9.41. The number of halogens is 2. The van der Waals surface area contributed by atoms with E-state index in [0.29, 0.717) is 5.82 Å². The lowest BCUT2D eigenvalue weighted by molar-refractivity contribution is 0.582. The molecule has 0 aliphatic carbocycles. The number of hydrogen-bond donors (Lipinski definition) is 2. The van der Waals surface area contributed by atoms with Crippen LogP contribution >= 0.6 is 0 Å². The minimum atomic E-state index is -0.821. The summed E-state index contributed by atoms with van der Waals surface area (Å²) < 4.78 is 27.2. The summed E-state index contributed by atoms with van der Waals surface area (Å²) in [6.45, 7) is 1.68. The molecule has 1 aromatic heterocycles. The van der Waals surface area contributed by atoms with Gasteiger partial charge < -0.3 is 5.32 Å². The van der Waals surface area contributed by atoms with Crippen molar-refractivity contribution in [3.63, 3.8) is 0 Å². The van der Waals surface area contributed by atoms with Gasteiger partial charge in [-0.25, -0.2) is 13.8 Å². The van der Waals surface area contributed by atoms with E-state index in [4.69, 9.17) is 5.26 Å². The molecule has 0 bridgehead atoms. The monoisotopic (exact) mass is 249 g/mol. The fourth-order valence-electron chi connectivity index (χ4n) is 1.48. The van der Waals surface area contributed by atoms with Crippen LogP contribution in [0.4, 0.5) is 14.5 Å². The summed E-state index contributed by atoms with van der Waals surface area (Å²) in [5.41, 5.74) is -0.360. The van der Waals surface area contributed by atoms with E-state index in [9.17, 15) is 8.78 Å². The van der Waals surface area contributed by atoms with Gasteiger partial charge in [0.15, 0.2) is 11.6 Å². The predicted octanol–water partition coefficient (Wildman–Crippen LogP) is 2.13. The molecule has 1 unspecified atom stereocenters. The highest BCUT2D eigenvalue weighted by molar-refractivity contribution is 5.51. The quantitative estimate of drug-likeness (QED) is 0.873. The summed E-state index contributed by atoms with van der Waals surface area (Å²) in [6, 6.07) is 3.18. The van der Waals surface area contributed by atoms with Gasteiger partial charge in [0.25, 0.3) is 0 Å². The summed E-state index contributed by atoms with van der Waals surface area (Å²) >= 11 is 0. The van der Waals surface area contributed by atoms with Crippen molar-refractivity contribution in [1.82, 2.24) is 15.2 Å². The zero-order valence-electron chi connectivity index (χ0n) is 9.41. The number of rotatable bonds is 3. The van der Waals surface area contributed by atoms with Gasteiger partial charge in [0, 0.05) is 0 Å². The van der Waals surface area contributed by atoms with Gasteiger partial charge in [0.05, 0.1) is 17.7 Å². The van der Waals surface area contributed by atoms with Crippen molar-refractivity contribution in [1.29, 1.82) is 5.26 Å². The fraction of sp³-hybridized carbons (Fsp3) is 0.182. The van der Waals surface area contributed by atoms with Crippen LogP contribution in [-0.4, -0.2) is 15.2 Å². The van der Waals surface area contributed by atoms with E-state index >= 15 is 0 Å². The number of hydrogen-bond acceptors (Lipinski definition) is 4. The third kappa shape index (κ3) is 2.27. The Morgan fingerprint density at radius 3 is 2.56 bits per heavy atom. The minimum absolute atomic E-state index is 0.0668. The fourth-order valence-corrected chi connectivity index (χ4v) is 1.48. The second-order valence-electron chi connectivity index (χ2n) is 3.66. The van der Waals surface area contributed by atoms with Crippen molar-refractivity contribution in [3.8, 4) is 6.07 Å². The molecule has 7 heteroatoms. The highest BCUT2D eigenvalue weighted by Crippen LogP contribution is 2.24. The molecule has 1 atom stereocenters. The van der Waals surface area contributed by atoms with Gasteiger partial charge in [-0.05, 0) is 19.1 Å². The number of aromatic nitrogens is 3. The lowest BCUT2D eigenvalue weighted by atomic mass is 10.2. The number of nitriles is 1. The van der Waals surface area contributed by atoms with Crippen LogP contribution in [0, 0.1) is 23.0 Å². The van der Waals surface area contributed by atoms with Crippen LogP contribution < -0.4 is 5.32 Å². The molecule has 0 spiro atoms. The van der Waals surface area contributed by atoms with Crippen LogP contribution in [0.3, 0.4) is 0 Å². The Balaban J connectivity index is 2.27. The number of nitrogens with one attached hydrogen (secondary N) is 2. The molecule has 2 aromatic rings. The van der Waals surface area contributed by atoms with E-state index in [2.05, 4.69) is 20.5 Å². The highest BCUT2D eigenvalue weighted by atomic mass is 19.1. The van der Waals surface area contributed by atoms with Crippen LogP contribution in [0.25, 0.3) is 0 Å². The van der Waals surface area contributed by atoms with E-state index < -0.39 is 17.7 Å². The average molecular weight is 249 g/mol. The maximum absolute atomic E-state index is 13.6. The molecule has 0 aliphatic heterocycles. The van der Waals surface area contributed by atoms with Crippen molar-refractivity contribution >= 4 is 5.69 Å². The van der Waals surface area contributed by atoms with E-state index in [1.165, 1.54) is 6.33 Å². The molecule has 92 valence electrons. The first kappa shape index (κ1) is 12.0. The first-order valence-corrected chi connectivity index (χ1v) is 5.12. The van der Waals surface area contributed by atoms with Gasteiger partial charge in [-0.15, -0.1) is 0 Å². The molecule has 0 aliphatic rings. The number of aromatic amines is 1. The summed E-state index contributed by atoms with van der Waals surface area (Å²) in [7, 11) is 0. The normalized spacial score (nSPS) is 11.9. The smallest absolute Gasteiger partial charge is 0.150 e. The van der Waals surface area contributed by atoms with Crippen molar-refractivity contribution in [2.45, 2.75) is 13.0 Å². The first-order chi connectivity index (χ1) is 8.61. The summed E-state index contributed by atoms with van der Waals surface area (Å²) in [5.74, 6) is -1.19. The largest absolute Gasteiger partial charge is 0.371 e. The maximum atomic E-state index is 13.6. The SMILES string of the molecule is CC(Nc1c(F)cc(C#N)cc1F)c1ncn[nH]1. The van der Waals surface area contributed by atoms with Crippen LogP contribution in [-0.2, 0) is 0 Å². The van der Waals surface area contributed by atoms with Crippen molar-refractivity contribution in [3.05, 3.63) is 41.5 Å². The van der Waals surface area contributed by atoms with Gasteiger partial charge in [0.1, 0.15) is 17.8 Å². The molecular weight excluding hydrogens is 240 g/mol. The van der Waals surface area contributed by atoms with E-state index in [1.807, 2.05) is 0 Å². The standard InChI is InChI=1S/C11H9F2N5/c1-6(11-15-5-16-18-11)17-10-8(12)2-7(4-14)3-9(10)13/h2-3,5-6,17H,1H3,(H,15,16,18). The second kappa shape index (κ2) is 4.79. The Hall–Kier alpha value is -2.49. The Bertz CT molecular complexity index is 565. The van der Waals surface area contributed by atoms with E-state index in [0.717, 1.165) is 12.1 Å². The van der Waals surface area contributed by atoms with Crippen molar-refractivity contribution < 1.29 is 8.78 Å². The van der Waals surface area contributed by atoms with Gasteiger partial charge in [-0.1, -0.05) is 0 Å². The lowest BCUT2D eigenvalue weighted by Gasteiger charge is -2.14. The Morgan fingerprint density at radius 2 is 2.06 bits per heavy atom. The molecule has 2 N–H and O–H groups in total. The number of nitrogens with zero attached hydrogens (tertiary/aromatic N) is 3. The minimum Gasteiger partial charge on any atom is -0.371 e. The van der Waals surface area contributed by atoms with Gasteiger partial charge in [-0.3, -0.25) is 5.10 Å². The highest BCUT2D eigenvalue weighted by Gasteiger charge is 2.15. The molecule has 18 heavy (non-hydrogen) atoms. The third-order valence-electron chi connectivity index (χ3n) is 2.38. The van der Waals surface area contributed by atoms with Gasteiger partial charge >= 0.3 is 0 Å². The average Bonchev–Trinajstić information content (AvgIpc) is 2.87. The molecular formula is C11H9F2N5. The Kier molecular flexibility index (Phi) is 3.19. The van der Waals surface area contributed by atoms with Gasteiger partial charge in [0.2, 0.25) is 0 Å². The summed E-state index contributed by atoms with van der Waals surface area (Å²) in [4.78, 5) is 3.88. The van der Waals surface area contributed by atoms with Crippen LogP contribution in [0.1, 0.15) is 24.4 Å². The van der Waals surface area contributed by atoms with E-state index in [-0.39, 0.29) is 11.3 Å². The summed E-state index contributed by atoms with van der Waals surface area (Å²) in [6.07, 6.45) is 1.30. The molecule has 0 fully saturated rings. The molecule has 1 heterocycles. The van der Waals surface area contributed by atoms with Crippen LogP contribution in [0.15, 0.2) is 18.5 Å². The first-order valence-electron chi connectivity index (χ1n) is 5.12. The molecule has 0 amide bonds. The number of H-pyrrole nitrogens is 1. The molecule has 2 rings (SSSR count). The van der Waals surface area contributed by atoms with Gasteiger partial charge in [-0.2, -0.15) is 10.4 Å². The molecule has 0 radical (unpaired) electrons. The second-order valence-corrected chi connectivity index (χ2v) is 3.66. The number of benzene rings is 1. The Labute approximate surface area is 101 Å². The molecule has 0 saturated heterocycles. The van der Waals surface area contributed by atoms with E-state index in [1.54, 1.807) is 13.0 Å². The topological polar surface area (TPSA) is 77.4 Å². The van der Waals surface area contributed by atoms with Crippen LogP contribution in [0.2, 0.25) is 0 Å². The zero-order chi connectivity index (χ0) is 13.1. The summed E-state index contributed by atoms with van der Waals surface area (Å²) in [5, 5.41) is 17.5. The lowest BCUT2D eigenvalue weighted by Crippen LogP contribution is -2.11. The molecule has 1 aromatic carbocycles. The van der Waals surface area contributed by atoms with Crippen LogP contribution in [0.5, 0.6) is 0 Å². The molecule has 0 saturated carbocycles. The maximum Gasteiger partial charge on any atom is 0.150 e. The van der Waals surface area contributed by atoms with Crippen molar-refractivity contribution in [2.24, 2.45) is 0 Å². The predicted molar refractivity (Wildman–Crippen MR) is 59.5 cm³/mol.